The smallest absolute Gasteiger partial charge is 0.220 e. The van der Waals surface area contributed by atoms with Crippen LogP contribution in [-0.4, -0.2) is 31.3 Å². The number of hydrogen-bond donors (Lipinski definition) is 1. The molecule has 0 atom stereocenters. The van der Waals surface area contributed by atoms with Gasteiger partial charge in [-0.15, -0.1) is 11.3 Å². The molecule has 1 aliphatic rings. The second-order valence-corrected chi connectivity index (χ2v) is 6.92. The Morgan fingerprint density at radius 3 is 2.83 bits per heavy atom. The Balaban J connectivity index is 1.33. The number of ketones is 1. The van der Waals surface area contributed by atoms with E-state index in [1.165, 1.54) is 22.6 Å². The van der Waals surface area contributed by atoms with Crippen LogP contribution in [0.5, 0.6) is 0 Å². The van der Waals surface area contributed by atoms with Crippen LogP contribution in [0.1, 0.15) is 34.5 Å². The molecule has 24 heavy (non-hydrogen) atoms. The van der Waals surface area contributed by atoms with Crippen molar-refractivity contribution in [3.05, 3.63) is 52.2 Å². The summed E-state index contributed by atoms with van der Waals surface area (Å²) in [6.07, 6.45) is 2.53. The normalized spacial score (nSPS) is 12.9. The molecule has 1 amide bonds. The van der Waals surface area contributed by atoms with Crippen molar-refractivity contribution in [2.75, 3.05) is 24.5 Å². The van der Waals surface area contributed by atoms with Gasteiger partial charge in [0.25, 0.3) is 0 Å². The molecule has 0 aliphatic carbocycles. The fourth-order valence-electron chi connectivity index (χ4n) is 3.03. The second-order valence-electron chi connectivity index (χ2n) is 5.97. The highest BCUT2D eigenvalue weighted by Gasteiger charge is 2.17. The number of para-hydroxylation sites is 1. The van der Waals surface area contributed by atoms with Gasteiger partial charge in [-0.3, -0.25) is 9.59 Å². The van der Waals surface area contributed by atoms with E-state index in [1.807, 2.05) is 17.5 Å². The van der Waals surface area contributed by atoms with E-state index in [-0.39, 0.29) is 11.7 Å². The van der Waals surface area contributed by atoms with Crippen molar-refractivity contribution in [1.82, 2.24) is 5.32 Å². The van der Waals surface area contributed by atoms with E-state index in [2.05, 4.69) is 34.5 Å². The predicted octanol–water partition coefficient (Wildman–Crippen LogP) is 3.28. The van der Waals surface area contributed by atoms with Crippen molar-refractivity contribution < 1.29 is 9.59 Å². The molecule has 2 heterocycles. The van der Waals surface area contributed by atoms with Gasteiger partial charge < -0.3 is 10.2 Å². The standard InChI is InChI=1S/C19H22N2O2S/c22-17(18-8-4-14-24-18)7-3-9-19(23)20-11-13-21-12-10-15-5-1-2-6-16(15)21/h1-2,4-6,8,14H,3,7,9-13H2,(H,20,23). The Morgan fingerprint density at radius 1 is 1.12 bits per heavy atom. The summed E-state index contributed by atoms with van der Waals surface area (Å²) >= 11 is 1.46. The number of nitrogens with one attached hydrogen (secondary N) is 1. The zero-order valence-electron chi connectivity index (χ0n) is 13.7. The van der Waals surface area contributed by atoms with Crippen molar-refractivity contribution in [1.29, 1.82) is 0 Å². The molecular formula is C19H22N2O2S. The van der Waals surface area contributed by atoms with Crippen molar-refractivity contribution in [2.45, 2.75) is 25.7 Å². The minimum atomic E-state index is 0.0291. The van der Waals surface area contributed by atoms with E-state index in [1.54, 1.807) is 0 Å². The Morgan fingerprint density at radius 2 is 2.00 bits per heavy atom. The number of rotatable bonds is 8. The maximum Gasteiger partial charge on any atom is 0.220 e. The molecule has 0 bridgehead atoms. The lowest BCUT2D eigenvalue weighted by Gasteiger charge is -2.19. The van der Waals surface area contributed by atoms with Crippen molar-refractivity contribution in [3.63, 3.8) is 0 Å². The lowest BCUT2D eigenvalue weighted by molar-refractivity contribution is -0.121. The minimum absolute atomic E-state index is 0.0291. The summed E-state index contributed by atoms with van der Waals surface area (Å²) in [6.45, 7) is 2.49. The number of fused-ring (bicyclic) bond motifs is 1. The minimum Gasteiger partial charge on any atom is -0.369 e. The Hall–Kier alpha value is -2.14. The molecule has 126 valence electrons. The first kappa shape index (κ1) is 16.7. The third-order valence-electron chi connectivity index (χ3n) is 4.29. The first-order chi connectivity index (χ1) is 11.7. The molecule has 0 spiro atoms. The van der Waals surface area contributed by atoms with Crippen LogP contribution >= 0.6 is 11.3 Å². The zero-order valence-corrected chi connectivity index (χ0v) is 14.5. The van der Waals surface area contributed by atoms with E-state index < -0.39 is 0 Å². The summed E-state index contributed by atoms with van der Waals surface area (Å²) in [6, 6.07) is 12.1. The van der Waals surface area contributed by atoms with Crippen molar-refractivity contribution in [2.24, 2.45) is 0 Å². The van der Waals surface area contributed by atoms with Gasteiger partial charge in [-0.1, -0.05) is 24.3 Å². The first-order valence-electron chi connectivity index (χ1n) is 8.40. The van der Waals surface area contributed by atoms with E-state index in [0.717, 1.165) is 24.4 Å². The summed E-state index contributed by atoms with van der Waals surface area (Å²) < 4.78 is 0. The Bertz CT molecular complexity index is 697. The van der Waals surface area contributed by atoms with Gasteiger partial charge in [-0.2, -0.15) is 0 Å². The Labute approximate surface area is 146 Å². The molecule has 1 aliphatic heterocycles. The van der Waals surface area contributed by atoms with Gasteiger partial charge in [0.2, 0.25) is 5.91 Å². The lowest BCUT2D eigenvalue weighted by Crippen LogP contribution is -2.34. The number of amides is 1. The average molecular weight is 342 g/mol. The van der Waals surface area contributed by atoms with Gasteiger partial charge in [0.15, 0.2) is 5.78 Å². The summed E-state index contributed by atoms with van der Waals surface area (Å²) in [7, 11) is 0. The Kier molecular flexibility index (Phi) is 5.64. The summed E-state index contributed by atoms with van der Waals surface area (Å²) in [5.41, 5.74) is 2.67. The van der Waals surface area contributed by atoms with E-state index in [0.29, 0.717) is 25.8 Å². The fraction of sp³-hybridized carbons (Fsp3) is 0.368. The van der Waals surface area contributed by atoms with E-state index in [4.69, 9.17) is 0 Å². The van der Waals surface area contributed by atoms with Crippen LogP contribution in [0.25, 0.3) is 0 Å². The molecule has 0 radical (unpaired) electrons. The third kappa shape index (κ3) is 4.23. The van der Waals surface area contributed by atoms with Gasteiger partial charge >= 0.3 is 0 Å². The molecule has 1 N–H and O–H groups in total. The molecule has 0 saturated heterocycles. The quantitative estimate of drug-likeness (QED) is 0.749. The summed E-state index contributed by atoms with van der Waals surface area (Å²) in [5, 5.41) is 4.86. The van der Waals surface area contributed by atoms with Crippen LogP contribution in [-0.2, 0) is 11.2 Å². The highest BCUT2D eigenvalue weighted by molar-refractivity contribution is 7.12. The number of hydrogen-bond acceptors (Lipinski definition) is 4. The largest absolute Gasteiger partial charge is 0.369 e. The number of Topliss-reactive ketones (excluding diaryl/α,β-unsaturated/α-hetero) is 1. The molecule has 1 aromatic heterocycles. The first-order valence-corrected chi connectivity index (χ1v) is 9.28. The maximum atomic E-state index is 11.9. The number of carbonyl (C=O) groups excluding carboxylic acids is 2. The lowest BCUT2D eigenvalue weighted by atomic mass is 10.1. The van der Waals surface area contributed by atoms with Crippen molar-refractivity contribution in [3.8, 4) is 0 Å². The van der Waals surface area contributed by atoms with Crippen LogP contribution in [0.2, 0.25) is 0 Å². The van der Waals surface area contributed by atoms with Crippen LogP contribution in [0, 0.1) is 0 Å². The monoisotopic (exact) mass is 342 g/mol. The molecule has 0 unspecified atom stereocenters. The fourth-order valence-corrected chi connectivity index (χ4v) is 3.72. The number of carbonyl (C=O) groups is 2. The van der Waals surface area contributed by atoms with Crippen LogP contribution in [0.15, 0.2) is 41.8 Å². The molecule has 3 rings (SSSR count). The molecule has 4 nitrogen and oxygen atoms in total. The second kappa shape index (κ2) is 8.11. The van der Waals surface area contributed by atoms with Crippen LogP contribution in [0.3, 0.4) is 0 Å². The summed E-state index contributed by atoms with van der Waals surface area (Å²) in [4.78, 5) is 26.9. The molecule has 0 saturated carbocycles. The number of nitrogens with zero attached hydrogens (tertiary/aromatic N) is 1. The highest BCUT2D eigenvalue weighted by Crippen LogP contribution is 2.26. The third-order valence-corrected chi connectivity index (χ3v) is 5.20. The molecule has 2 aromatic rings. The predicted molar refractivity (Wildman–Crippen MR) is 97.9 cm³/mol. The maximum absolute atomic E-state index is 11.9. The topological polar surface area (TPSA) is 49.4 Å². The molecular weight excluding hydrogens is 320 g/mol. The molecule has 5 heteroatoms. The highest BCUT2D eigenvalue weighted by atomic mass is 32.1. The van der Waals surface area contributed by atoms with Gasteiger partial charge in [-0.25, -0.2) is 0 Å². The van der Waals surface area contributed by atoms with Crippen LogP contribution < -0.4 is 10.2 Å². The van der Waals surface area contributed by atoms with Gasteiger partial charge in [0, 0.05) is 38.2 Å². The zero-order chi connectivity index (χ0) is 16.8. The molecule has 0 fully saturated rings. The average Bonchev–Trinajstić information content (AvgIpc) is 3.25. The molecule has 1 aromatic carbocycles. The SMILES string of the molecule is O=C(CCCC(=O)c1cccs1)NCCN1CCc2ccccc21. The number of thiophene rings is 1. The van der Waals surface area contributed by atoms with Gasteiger partial charge in [-0.05, 0) is 35.9 Å². The van der Waals surface area contributed by atoms with Gasteiger partial charge in [0.1, 0.15) is 0 Å². The van der Waals surface area contributed by atoms with E-state index in [9.17, 15) is 9.59 Å². The number of benzene rings is 1. The van der Waals surface area contributed by atoms with Crippen molar-refractivity contribution >= 4 is 28.7 Å². The van der Waals surface area contributed by atoms with Crippen LogP contribution in [0.4, 0.5) is 5.69 Å². The van der Waals surface area contributed by atoms with Gasteiger partial charge in [0.05, 0.1) is 4.88 Å². The van der Waals surface area contributed by atoms with E-state index >= 15 is 0 Å². The number of anilines is 1. The summed E-state index contributed by atoms with van der Waals surface area (Å²) in [5.74, 6) is 0.160.